The second-order valence-electron chi connectivity index (χ2n) is 4.13. The molecule has 2 fully saturated rings. The fourth-order valence-corrected chi connectivity index (χ4v) is 3.64. The highest BCUT2D eigenvalue weighted by molar-refractivity contribution is 7.89. The maximum Gasteiger partial charge on any atom is 0.214 e. The van der Waals surface area contributed by atoms with Crippen molar-refractivity contribution in [2.24, 2.45) is 11.7 Å². The zero-order valence-corrected chi connectivity index (χ0v) is 8.46. The molecular weight excluding hydrogens is 188 g/mol. The van der Waals surface area contributed by atoms with E-state index in [1.54, 1.807) is 4.31 Å². The molecule has 0 aromatic carbocycles. The smallest absolute Gasteiger partial charge is 0.214 e. The van der Waals surface area contributed by atoms with Crippen molar-refractivity contribution in [2.75, 3.05) is 18.8 Å². The van der Waals surface area contributed by atoms with E-state index in [4.69, 9.17) is 5.73 Å². The minimum absolute atomic E-state index is 0.0500. The monoisotopic (exact) mass is 204 g/mol. The van der Waals surface area contributed by atoms with Crippen molar-refractivity contribution < 1.29 is 8.42 Å². The van der Waals surface area contributed by atoms with E-state index in [1.807, 2.05) is 0 Å². The molecule has 0 aromatic rings. The second-order valence-corrected chi connectivity index (χ2v) is 6.14. The van der Waals surface area contributed by atoms with Crippen LogP contribution in [0.25, 0.3) is 0 Å². The predicted molar refractivity (Wildman–Crippen MR) is 50.7 cm³/mol. The number of rotatable bonds is 3. The summed E-state index contributed by atoms with van der Waals surface area (Å²) >= 11 is 0. The highest BCUT2D eigenvalue weighted by Gasteiger charge is 2.34. The first-order valence-corrected chi connectivity index (χ1v) is 6.42. The molecule has 1 saturated carbocycles. The first-order chi connectivity index (χ1) is 6.08. The van der Waals surface area contributed by atoms with E-state index < -0.39 is 10.0 Å². The van der Waals surface area contributed by atoms with Gasteiger partial charge < -0.3 is 5.73 Å². The standard InChI is InChI=1S/C8H16N2O2S/c9-8-3-4-10(5-8)13(11,12)6-7-1-2-7/h7-8H,1-6,9H2. The normalized spacial score (nSPS) is 31.0. The SMILES string of the molecule is NC1CCN(S(=O)(=O)CC2CC2)C1. The lowest BCUT2D eigenvalue weighted by Crippen LogP contribution is -2.34. The van der Waals surface area contributed by atoms with Crippen molar-refractivity contribution in [1.29, 1.82) is 0 Å². The maximum atomic E-state index is 11.7. The summed E-state index contributed by atoms with van der Waals surface area (Å²) in [7, 11) is -2.98. The summed E-state index contributed by atoms with van der Waals surface area (Å²) in [5, 5.41) is 0. The van der Waals surface area contributed by atoms with E-state index in [-0.39, 0.29) is 6.04 Å². The third-order valence-electron chi connectivity index (χ3n) is 2.72. The van der Waals surface area contributed by atoms with Gasteiger partial charge in [0.25, 0.3) is 0 Å². The van der Waals surface area contributed by atoms with Crippen LogP contribution >= 0.6 is 0 Å². The van der Waals surface area contributed by atoms with Crippen LogP contribution in [0.5, 0.6) is 0 Å². The summed E-state index contributed by atoms with van der Waals surface area (Å²) in [6, 6.07) is 0.0500. The van der Waals surface area contributed by atoms with Gasteiger partial charge in [0.15, 0.2) is 0 Å². The van der Waals surface area contributed by atoms with Gasteiger partial charge in [-0.2, -0.15) is 0 Å². The fourth-order valence-electron chi connectivity index (χ4n) is 1.69. The lowest BCUT2D eigenvalue weighted by Gasteiger charge is -2.15. The van der Waals surface area contributed by atoms with Gasteiger partial charge in [0.2, 0.25) is 10.0 Å². The van der Waals surface area contributed by atoms with Gasteiger partial charge in [-0.15, -0.1) is 0 Å². The maximum absolute atomic E-state index is 11.7. The number of sulfonamides is 1. The van der Waals surface area contributed by atoms with Crippen molar-refractivity contribution in [1.82, 2.24) is 4.31 Å². The molecule has 5 heteroatoms. The average Bonchev–Trinajstić information content (AvgIpc) is 2.70. The Morgan fingerprint density at radius 3 is 2.46 bits per heavy atom. The summed E-state index contributed by atoms with van der Waals surface area (Å²) in [5.41, 5.74) is 5.66. The number of nitrogens with zero attached hydrogens (tertiary/aromatic N) is 1. The van der Waals surface area contributed by atoms with Crippen LogP contribution in [0.15, 0.2) is 0 Å². The largest absolute Gasteiger partial charge is 0.326 e. The molecule has 0 radical (unpaired) electrons. The Kier molecular flexibility index (Phi) is 2.33. The minimum atomic E-state index is -2.98. The molecule has 2 aliphatic rings. The first kappa shape index (κ1) is 9.43. The van der Waals surface area contributed by atoms with Crippen LogP contribution in [-0.4, -0.2) is 37.6 Å². The molecule has 0 amide bonds. The summed E-state index contributed by atoms with van der Waals surface area (Å²) in [6.45, 7) is 1.14. The van der Waals surface area contributed by atoms with Gasteiger partial charge in [0.05, 0.1) is 5.75 Å². The Morgan fingerprint density at radius 1 is 1.31 bits per heavy atom. The first-order valence-electron chi connectivity index (χ1n) is 4.81. The molecule has 0 spiro atoms. The van der Waals surface area contributed by atoms with Crippen molar-refractivity contribution in [3.8, 4) is 0 Å². The van der Waals surface area contributed by atoms with E-state index in [2.05, 4.69) is 0 Å². The van der Waals surface area contributed by atoms with Crippen LogP contribution in [0, 0.1) is 5.92 Å². The third kappa shape index (κ3) is 2.21. The Bertz CT molecular complexity index is 285. The Hall–Kier alpha value is -0.130. The van der Waals surface area contributed by atoms with Crippen LogP contribution in [0.4, 0.5) is 0 Å². The van der Waals surface area contributed by atoms with Gasteiger partial charge >= 0.3 is 0 Å². The van der Waals surface area contributed by atoms with Crippen LogP contribution in [0.2, 0.25) is 0 Å². The molecule has 76 valence electrons. The number of nitrogens with two attached hydrogens (primary N) is 1. The molecular formula is C8H16N2O2S. The van der Waals surface area contributed by atoms with Crippen molar-refractivity contribution >= 4 is 10.0 Å². The molecule has 1 unspecified atom stereocenters. The van der Waals surface area contributed by atoms with E-state index >= 15 is 0 Å². The van der Waals surface area contributed by atoms with E-state index in [0.717, 1.165) is 19.3 Å². The van der Waals surface area contributed by atoms with E-state index in [0.29, 0.717) is 24.8 Å². The van der Waals surface area contributed by atoms with Gasteiger partial charge in [0, 0.05) is 19.1 Å². The van der Waals surface area contributed by atoms with Gasteiger partial charge in [-0.25, -0.2) is 12.7 Å². The molecule has 0 bridgehead atoms. The molecule has 2 rings (SSSR count). The molecule has 13 heavy (non-hydrogen) atoms. The predicted octanol–water partition coefficient (Wildman–Crippen LogP) is -0.241. The summed E-state index contributed by atoms with van der Waals surface area (Å²) in [4.78, 5) is 0. The molecule has 1 saturated heterocycles. The highest BCUT2D eigenvalue weighted by Crippen LogP contribution is 2.31. The third-order valence-corrected chi connectivity index (χ3v) is 4.74. The molecule has 0 aromatic heterocycles. The van der Waals surface area contributed by atoms with Gasteiger partial charge in [-0.3, -0.25) is 0 Å². The molecule has 2 N–H and O–H groups in total. The zero-order chi connectivity index (χ0) is 9.47. The fraction of sp³-hybridized carbons (Fsp3) is 1.00. The van der Waals surface area contributed by atoms with Gasteiger partial charge in [-0.1, -0.05) is 0 Å². The van der Waals surface area contributed by atoms with Crippen LogP contribution < -0.4 is 5.73 Å². The molecule has 4 nitrogen and oxygen atoms in total. The number of hydrogen-bond donors (Lipinski definition) is 1. The number of hydrogen-bond acceptors (Lipinski definition) is 3. The van der Waals surface area contributed by atoms with Crippen LogP contribution in [0.3, 0.4) is 0 Å². The quantitative estimate of drug-likeness (QED) is 0.690. The van der Waals surface area contributed by atoms with Crippen LogP contribution in [0.1, 0.15) is 19.3 Å². The summed E-state index contributed by atoms with van der Waals surface area (Å²) in [5.74, 6) is 0.779. The Labute approximate surface area is 79.1 Å². The summed E-state index contributed by atoms with van der Waals surface area (Å²) < 4.78 is 24.9. The topological polar surface area (TPSA) is 63.4 Å². The second kappa shape index (κ2) is 3.22. The van der Waals surface area contributed by atoms with Crippen molar-refractivity contribution in [2.45, 2.75) is 25.3 Å². The molecule has 1 atom stereocenters. The van der Waals surface area contributed by atoms with Crippen molar-refractivity contribution in [3.63, 3.8) is 0 Å². The van der Waals surface area contributed by atoms with E-state index in [1.165, 1.54) is 0 Å². The molecule has 1 aliphatic heterocycles. The zero-order valence-electron chi connectivity index (χ0n) is 7.65. The van der Waals surface area contributed by atoms with Crippen molar-refractivity contribution in [3.05, 3.63) is 0 Å². The lowest BCUT2D eigenvalue weighted by atomic mass is 10.3. The van der Waals surface area contributed by atoms with Gasteiger partial charge in [-0.05, 0) is 25.2 Å². The van der Waals surface area contributed by atoms with Gasteiger partial charge in [0.1, 0.15) is 0 Å². The minimum Gasteiger partial charge on any atom is -0.326 e. The average molecular weight is 204 g/mol. The summed E-state index contributed by atoms with van der Waals surface area (Å²) in [6.07, 6.45) is 2.97. The Morgan fingerprint density at radius 2 is 2.00 bits per heavy atom. The Balaban J connectivity index is 1.97. The van der Waals surface area contributed by atoms with E-state index in [9.17, 15) is 8.42 Å². The molecule has 1 heterocycles. The molecule has 1 aliphatic carbocycles. The van der Waals surface area contributed by atoms with Crippen LogP contribution in [-0.2, 0) is 10.0 Å². The highest BCUT2D eigenvalue weighted by atomic mass is 32.2. The lowest BCUT2D eigenvalue weighted by molar-refractivity contribution is 0.470.